The van der Waals surface area contributed by atoms with Crippen LogP contribution >= 0.6 is 15.9 Å². The molecule has 3 heteroatoms. The van der Waals surface area contributed by atoms with Gasteiger partial charge in [-0.05, 0) is 61.1 Å². The zero-order valence-corrected chi connectivity index (χ0v) is 14.0. The van der Waals surface area contributed by atoms with E-state index >= 15 is 0 Å². The minimum Gasteiger partial charge on any atom is -0.490 e. The van der Waals surface area contributed by atoms with Crippen molar-refractivity contribution >= 4 is 15.9 Å². The smallest absolute Gasteiger partial charge is 0.161 e. The Balaban J connectivity index is 1.46. The number of ether oxygens (including phenoxy) is 2. The molecule has 1 aromatic carbocycles. The van der Waals surface area contributed by atoms with Crippen LogP contribution in [0.2, 0.25) is 0 Å². The highest BCUT2D eigenvalue weighted by molar-refractivity contribution is 9.09. The van der Waals surface area contributed by atoms with E-state index in [2.05, 4.69) is 34.1 Å². The summed E-state index contributed by atoms with van der Waals surface area (Å²) in [6.07, 6.45) is 8.13. The second kappa shape index (κ2) is 5.83. The van der Waals surface area contributed by atoms with Gasteiger partial charge in [0.1, 0.15) is 0 Å². The summed E-state index contributed by atoms with van der Waals surface area (Å²) in [6.45, 7) is 1.52. The molecule has 1 aliphatic heterocycles. The molecular weight excluding hydrogens is 328 g/mol. The lowest BCUT2D eigenvalue weighted by Gasteiger charge is -2.24. The van der Waals surface area contributed by atoms with Gasteiger partial charge in [0.25, 0.3) is 0 Å². The molecule has 1 aromatic rings. The highest BCUT2D eigenvalue weighted by Gasteiger charge is 2.40. The monoisotopic (exact) mass is 350 g/mol. The van der Waals surface area contributed by atoms with Gasteiger partial charge in [0, 0.05) is 11.2 Å². The summed E-state index contributed by atoms with van der Waals surface area (Å²) in [6, 6.07) is 6.44. The van der Waals surface area contributed by atoms with Crippen molar-refractivity contribution < 1.29 is 9.47 Å². The Morgan fingerprint density at radius 1 is 1.10 bits per heavy atom. The highest BCUT2D eigenvalue weighted by Crippen LogP contribution is 2.52. The fourth-order valence-corrected chi connectivity index (χ4v) is 5.21. The second-order valence-corrected chi connectivity index (χ2v) is 8.00. The van der Waals surface area contributed by atoms with E-state index in [-0.39, 0.29) is 0 Å². The molecule has 0 radical (unpaired) electrons. The van der Waals surface area contributed by atoms with Gasteiger partial charge in [0.2, 0.25) is 0 Å². The Morgan fingerprint density at radius 3 is 2.71 bits per heavy atom. The molecule has 0 N–H and O–H groups in total. The lowest BCUT2D eigenvalue weighted by molar-refractivity contribution is 0.296. The van der Waals surface area contributed by atoms with Crippen molar-refractivity contribution in [2.75, 3.05) is 13.2 Å². The number of halogens is 1. The van der Waals surface area contributed by atoms with Crippen molar-refractivity contribution in [3.63, 3.8) is 0 Å². The SMILES string of the molecule is BrC(CC1CC2CCC1C2)c1ccc2c(c1)OCCCO2. The molecule has 4 atom stereocenters. The van der Waals surface area contributed by atoms with Gasteiger partial charge in [-0.15, -0.1) is 0 Å². The topological polar surface area (TPSA) is 18.5 Å². The van der Waals surface area contributed by atoms with Crippen LogP contribution in [-0.2, 0) is 0 Å². The predicted octanol–water partition coefficient (Wildman–Crippen LogP) is 5.11. The van der Waals surface area contributed by atoms with Gasteiger partial charge in [0.15, 0.2) is 11.5 Å². The second-order valence-electron chi connectivity index (χ2n) is 6.89. The molecule has 4 rings (SSSR count). The van der Waals surface area contributed by atoms with Crippen molar-refractivity contribution in [3.8, 4) is 11.5 Å². The van der Waals surface area contributed by atoms with Crippen LogP contribution in [0.5, 0.6) is 11.5 Å². The van der Waals surface area contributed by atoms with Crippen LogP contribution in [-0.4, -0.2) is 13.2 Å². The van der Waals surface area contributed by atoms with Gasteiger partial charge in [-0.2, -0.15) is 0 Å². The van der Waals surface area contributed by atoms with Crippen LogP contribution in [0.1, 0.15) is 48.9 Å². The molecule has 21 heavy (non-hydrogen) atoms. The van der Waals surface area contributed by atoms with Crippen molar-refractivity contribution in [2.24, 2.45) is 17.8 Å². The molecule has 114 valence electrons. The zero-order chi connectivity index (χ0) is 14.2. The highest BCUT2D eigenvalue weighted by atomic mass is 79.9. The van der Waals surface area contributed by atoms with Gasteiger partial charge >= 0.3 is 0 Å². The fourth-order valence-electron chi connectivity index (χ4n) is 4.44. The summed E-state index contributed by atoms with van der Waals surface area (Å²) in [4.78, 5) is 0.444. The van der Waals surface area contributed by atoms with E-state index in [9.17, 15) is 0 Å². The Hall–Kier alpha value is -0.700. The summed E-state index contributed by atoms with van der Waals surface area (Å²) in [5, 5.41) is 0. The van der Waals surface area contributed by atoms with Gasteiger partial charge in [-0.25, -0.2) is 0 Å². The van der Waals surface area contributed by atoms with Crippen molar-refractivity contribution in [3.05, 3.63) is 23.8 Å². The Labute approximate surface area is 135 Å². The van der Waals surface area contributed by atoms with E-state index in [0.29, 0.717) is 4.83 Å². The normalized spacial score (nSPS) is 32.0. The lowest BCUT2D eigenvalue weighted by Crippen LogP contribution is -2.12. The van der Waals surface area contributed by atoms with Crippen LogP contribution in [0.15, 0.2) is 18.2 Å². The number of hydrogen-bond donors (Lipinski definition) is 0. The molecular formula is C18H23BrO2. The average molecular weight is 351 g/mol. The Morgan fingerprint density at radius 2 is 1.95 bits per heavy atom. The number of hydrogen-bond acceptors (Lipinski definition) is 2. The summed E-state index contributed by atoms with van der Waals surface area (Å²) in [5.74, 6) is 4.77. The Bertz CT molecular complexity index is 516. The van der Waals surface area contributed by atoms with E-state index in [4.69, 9.17) is 9.47 Å². The summed E-state index contributed by atoms with van der Waals surface area (Å²) < 4.78 is 11.5. The largest absolute Gasteiger partial charge is 0.490 e. The molecule has 1 heterocycles. The molecule has 2 bridgehead atoms. The minimum atomic E-state index is 0.444. The maximum Gasteiger partial charge on any atom is 0.161 e. The molecule has 2 fully saturated rings. The first-order chi connectivity index (χ1) is 10.3. The standard InChI is InChI=1S/C18H23BrO2/c19-16(10-15-9-12-2-3-13(15)8-12)14-4-5-17-18(11-14)21-7-1-6-20-17/h4-5,11-13,15-16H,1-3,6-10H2. The molecule has 0 amide bonds. The van der Waals surface area contributed by atoms with Crippen LogP contribution in [0.4, 0.5) is 0 Å². The number of benzene rings is 1. The molecule has 3 aliphatic rings. The van der Waals surface area contributed by atoms with Gasteiger partial charge in [-0.3, -0.25) is 0 Å². The zero-order valence-electron chi connectivity index (χ0n) is 12.4. The van der Waals surface area contributed by atoms with Crippen LogP contribution < -0.4 is 9.47 Å². The third-order valence-corrected chi connectivity index (χ3v) is 6.43. The maximum atomic E-state index is 5.81. The maximum absolute atomic E-state index is 5.81. The summed E-state index contributed by atoms with van der Waals surface area (Å²) in [7, 11) is 0. The van der Waals surface area contributed by atoms with Gasteiger partial charge < -0.3 is 9.47 Å². The molecule has 2 aliphatic carbocycles. The number of rotatable bonds is 3. The molecule has 4 unspecified atom stereocenters. The van der Waals surface area contributed by atoms with Crippen molar-refractivity contribution in [2.45, 2.75) is 43.4 Å². The molecule has 2 nitrogen and oxygen atoms in total. The first-order valence-corrected chi connectivity index (χ1v) is 9.25. The molecule has 0 saturated heterocycles. The molecule has 0 aromatic heterocycles. The molecule has 0 spiro atoms. The van der Waals surface area contributed by atoms with Crippen LogP contribution in [0, 0.1) is 17.8 Å². The summed E-state index contributed by atoms with van der Waals surface area (Å²) >= 11 is 3.92. The van der Waals surface area contributed by atoms with Gasteiger partial charge in [-0.1, -0.05) is 28.4 Å². The third-order valence-electron chi connectivity index (χ3n) is 5.53. The first-order valence-electron chi connectivity index (χ1n) is 8.33. The minimum absolute atomic E-state index is 0.444. The van der Waals surface area contributed by atoms with E-state index < -0.39 is 0 Å². The van der Waals surface area contributed by atoms with Crippen molar-refractivity contribution in [1.82, 2.24) is 0 Å². The van der Waals surface area contributed by atoms with Gasteiger partial charge in [0.05, 0.1) is 13.2 Å². The summed E-state index contributed by atoms with van der Waals surface area (Å²) in [5.41, 5.74) is 1.34. The number of alkyl halides is 1. The van der Waals surface area contributed by atoms with E-state index in [1.165, 1.54) is 37.7 Å². The quantitative estimate of drug-likeness (QED) is 0.705. The third kappa shape index (κ3) is 2.81. The van der Waals surface area contributed by atoms with E-state index in [0.717, 1.165) is 48.9 Å². The number of fused-ring (bicyclic) bond motifs is 3. The van der Waals surface area contributed by atoms with E-state index in [1.54, 1.807) is 0 Å². The van der Waals surface area contributed by atoms with Crippen LogP contribution in [0.3, 0.4) is 0 Å². The van der Waals surface area contributed by atoms with Crippen LogP contribution in [0.25, 0.3) is 0 Å². The first kappa shape index (κ1) is 13.9. The molecule has 2 saturated carbocycles. The fraction of sp³-hybridized carbons (Fsp3) is 0.667. The Kier molecular flexibility index (Phi) is 3.87. The lowest BCUT2D eigenvalue weighted by atomic mass is 9.84. The van der Waals surface area contributed by atoms with Crippen molar-refractivity contribution in [1.29, 1.82) is 0 Å². The van der Waals surface area contributed by atoms with E-state index in [1.807, 2.05) is 0 Å². The average Bonchev–Trinajstić information content (AvgIpc) is 3.02. The predicted molar refractivity (Wildman–Crippen MR) is 87.3 cm³/mol.